The van der Waals surface area contributed by atoms with E-state index in [2.05, 4.69) is 10.3 Å². The van der Waals surface area contributed by atoms with Gasteiger partial charge in [0.2, 0.25) is 0 Å². The molecular weight excluding hydrogens is 273 g/mol. The first-order valence-electron chi connectivity index (χ1n) is 5.94. The number of anilines is 2. The average molecular weight is 290 g/mol. The number of β-amino-alcohol motifs (C(OH)–C–C–N with tert-alkyl or cyclic N) is 1. The van der Waals surface area contributed by atoms with Gasteiger partial charge in [0.05, 0.1) is 15.6 Å². The fourth-order valence-corrected chi connectivity index (χ4v) is 2.83. The van der Waals surface area contributed by atoms with Crippen molar-refractivity contribution >= 4 is 34.8 Å². The lowest BCUT2D eigenvalue weighted by molar-refractivity contribution is 0.0447. The Labute approximate surface area is 117 Å². The van der Waals surface area contributed by atoms with Gasteiger partial charge in [-0.2, -0.15) is 0 Å². The summed E-state index contributed by atoms with van der Waals surface area (Å²) >= 11 is 12.2. The minimum atomic E-state index is -0.692. The van der Waals surface area contributed by atoms with Crippen LogP contribution in [0.4, 0.5) is 11.6 Å². The van der Waals surface area contributed by atoms with Crippen LogP contribution in [0.1, 0.15) is 19.8 Å². The van der Waals surface area contributed by atoms with Gasteiger partial charge in [-0.15, -0.1) is 0 Å². The third kappa shape index (κ3) is 2.82. The van der Waals surface area contributed by atoms with Crippen LogP contribution in [0.2, 0.25) is 10.0 Å². The first-order chi connectivity index (χ1) is 8.43. The number of aliphatic hydroxyl groups is 1. The second-order valence-electron chi connectivity index (χ2n) is 4.90. The van der Waals surface area contributed by atoms with Crippen molar-refractivity contribution in [1.82, 2.24) is 4.98 Å². The second kappa shape index (κ2) is 5.11. The standard InChI is InChI=1S/C12H17Cl2N3O/c1-12(18)4-3-5-17(7-12)11-9(14)6-8(13)10(15-2)16-11/h6,18H,3-5,7H2,1-2H3,(H,15,16). The van der Waals surface area contributed by atoms with Gasteiger partial charge in [-0.1, -0.05) is 23.2 Å². The van der Waals surface area contributed by atoms with Gasteiger partial charge in [0.25, 0.3) is 0 Å². The third-order valence-corrected chi connectivity index (χ3v) is 3.69. The van der Waals surface area contributed by atoms with Gasteiger partial charge in [-0.25, -0.2) is 4.98 Å². The van der Waals surface area contributed by atoms with Gasteiger partial charge in [-0.3, -0.25) is 0 Å². The summed E-state index contributed by atoms with van der Waals surface area (Å²) in [6, 6.07) is 1.68. The van der Waals surface area contributed by atoms with Gasteiger partial charge in [0.15, 0.2) is 0 Å². The molecule has 0 radical (unpaired) electrons. The topological polar surface area (TPSA) is 48.4 Å². The summed E-state index contributed by atoms with van der Waals surface area (Å²) in [5.41, 5.74) is -0.692. The van der Waals surface area contributed by atoms with E-state index in [4.69, 9.17) is 23.2 Å². The number of hydrogen-bond donors (Lipinski definition) is 2. The Hall–Kier alpha value is -0.710. The van der Waals surface area contributed by atoms with Crippen LogP contribution in [-0.4, -0.2) is 35.8 Å². The van der Waals surface area contributed by atoms with Crippen LogP contribution in [0, 0.1) is 0 Å². The van der Waals surface area contributed by atoms with Crippen molar-refractivity contribution in [2.24, 2.45) is 0 Å². The largest absolute Gasteiger partial charge is 0.388 e. The van der Waals surface area contributed by atoms with Gasteiger partial charge in [0.1, 0.15) is 11.6 Å². The molecule has 4 nitrogen and oxygen atoms in total. The zero-order valence-electron chi connectivity index (χ0n) is 10.5. The minimum absolute atomic E-state index is 0.495. The van der Waals surface area contributed by atoms with Gasteiger partial charge in [-0.05, 0) is 25.8 Å². The molecule has 2 N–H and O–H groups in total. The zero-order chi connectivity index (χ0) is 13.3. The number of rotatable bonds is 2. The Kier molecular flexibility index (Phi) is 3.90. The van der Waals surface area contributed by atoms with E-state index in [-0.39, 0.29) is 0 Å². The summed E-state index contributed by atoms with van der Waals surface area (Å²) in [5, 5.41) is 14.1. The van der Waals surface area contributed by atoms with Crippen LogP contribution in [0.25, 0.3) is 0 Å². The minimum Gasteiger partial charge on any atom is -0.388 e. The molecule has 1 unspecified atom stereocenters. The summed E-state index contributed by atoms with van der Waals surface area (Å²) < 4.78 is 0. The Morgan fingerprint density at radius 3 is 2.78 bits per heavy atom. The maximum atomic E-state index is 10.1. The molecule has 100 valence electrons. The van der Waals surface area contributed by atoms with Gasteiger partial charge < -0.3 is 15.3 Å². The molecule has 2 rings (SSSR count). The van der Waals surface area contributed by atoms with Crippen LogP contribution >= 0.6 is 23.2 Å². The monoisotopic (exact) mass is 289 g/mol. The highest BCUT2D eigenvalue weighted by molar-refractivity contribution is 6.37. The number of pyridine rings is 1. The average Bonchev–Trinajstić information content (AvgIpc) is 2.27. The number of piperidine rings is 1. The molecule has 1 fully saturated rings. The number of halogens is 2. The van der Waals surface area contributed by atoms with E-state index < -0.39 is 5.60 Å². The van der Waals surface area contributed by atoms with Crippen molar-refractivity contribution in [2.45, 2.75) is 25.4 Å². The maximum Gasteiger partial charge on any atom is 0.150 e. The highest BCUT2D eigenvalue weighted by Crippen LogP contribution is 2.34. The maximum absolute atomic E-state index is 10.1. The molecule has 1 aliphatic rings. The van der Waals surface area contributed by atoms with Crippen LogP contribution in [0.5, 0.6) is 0 Å². The SMILES string of the molecule is CNc1nc(N2CCCC(C)(O)C2)c(Cl)cc1Cl. The molecule has 2 heterocycles. The number of nitrogens with one attached hydrogen (secondary N) is 1. The lowest BCUT2D eigenvalue weighted by Gasteiger charge is -2.38. The van der Waals surface area contributed by atoms with E-state index in [0.717, 1.165) is 19.4 Å². The predicted molar refractivity (Wildman–Crippen MR) is 75.9 cm³/mol. The highest BCUT2D eigenvalue weighted by atomic mass is 35.5. The smallest absolute Gasteiger partial charge is 0.150 e. The molecule has 6 heteroatoms. The molecule has 0 aliphatic carbocycles. The molecule has 1 aromatic rings. The molecule has 18 heavy (non-hydrogen) atoms. The zero-order valence-corrected chi connectivity index (χ0v) is 12.0. The van der Waals surface area contributed by atoms with Crippen molar-refractivity contribution < 1.29 is 5.11 Å². The molecule has 1 aromatic heterocycles. The van der Waals surface area contributed by atoms with Crippen molar-refractivity contribution in [3.8, 4) is 0 Å². The Morgan fingerprint density at radius 2 is 2.17 bits per heavy atom. The van der Waals surface area contributed by atoms with Crippen molar-refractivity contribution in [2.75, 3.05) is 30.4 Å². The van der Waals surface area contributed by atoms with Crippen LogP contribution in [0.15, 0.2) is 6.07 Å². The summed E-state index contributed by atoms with van der Waals surface area (Å²) in [6.07, 6.45) is 1.72. The Morgan fingerprint density at radius 1 is 1.44 bits per heavy atom. The van der Waals surface area contributed by atoms with E-state index >= 15 is 0 Å². The van der Waals surface area contributed by atoms with E-state index in [1.807, 2.05) is 11.8 Å². The molecular formula is C12H17Cl2N3O. The van der Waals surface area contributed by atoms with Gasteiger partial charge >= 0.3 is 0 Å². The van der Waals surface area contributed by atoms with Crippen LogP contribution in [0.3, 0.4) is 0 Å². The normalized spacial score (nSPS) is 24.2. The fourth-order valence-electron chi connectivity index (χ4n) is 2.25. The summed E-state index contributed by atoms with van der Waals surface area (Å²) in [7, 11) is 1.76. The second-order valence-corrected chi connectivity index (χ2v) is 5.71. The van der Waals surface area contributed by atoms with E-state index in [0.29, 0.717) is 28.2 Å². The molecule has 1 atom stereocenters. The quantitative estimate of drug-likeness (QED) is 0.879. The van der Waals surface area contributed by atoms with Crippen LogP contribution < -0.4 is 10.2 Å². The van der Waals surface area contributed by atoms with E-state index in [9.17, 15) is 5.11 Å². The molecule has 0 saturated carbocycles. The molecule has 0 spiro atoms. The first kappa shape index (κ1) is 13.7. The van der Waals surface area contributed by atoms with Gasteiger partial charge in [0, 0.05) is 20.1 Å². The van der Waals surface area contributed by atoms with Crippen LogP contribution in [-0.2, 0) is 0 Å². The molecule has 0 bridgehead atoms. The van der Waals surface area contributed by atoms with Crippen molar-refractivity contribution in [3.63, 3.8) is 0 Å². The molecule has 0 amide bonds. The first-order valence-corrected chi connectivity index (χ1v) is 6.70. The summed E-state index contributed by atoms with van der Waals surface area (Å²) in [5.74, 6) is 1.27. The highest BCUT2D eigenvalue weighted by Gasteiger charge is 2.30. The van der Waals surface area contributed by atoms with Crippen molar-refractivity contribution in [1.29, 1.82) is 0 Å². The molecule has 0 aromatic carbocycles. The Balaban J connectivity index is 2.32. The van der Waals surface area contributed by atoms with Crippen molar-refractivity contribution in [3.05, 3.63) is 16.1 Å². The third-order valence-electron chi connectivity index (χ3n) is 3.12. The summed E-state index contributed by atoms with van der Waals surface area (Å²) in [4.78, 5) is 6.42. The lowest BCUT2D eigenvalue weighted by atomic mass is 9.95. The number of hydrogen-bond acceptors (Lipinski definition) is 4. The fraction of sp³-hybridized carbons (Fsp3) is 0.583. The Bertz CT molecular complexity index is 451. The summed E-state index contributed by atoms with van der Waals surface area (Å²) in [6.45, 7) is 3.21. The van der Waals surface area contributed by atoms with E-state index in [1.165, 1.54) is 0 Å². The molecule has 1 aliphatic heterocycles. The molecule has 1 saturated heterocycles. The van der Waals surface area contributed by atoms with E-state index in [1.54, 1.807) is 13.1 Å². The number of aromatic nitrogens is 1. The lowest BCUT2D eigenvalue weighted by Crippen LogP contribution is -2.46. The number of nitrogens with zero attached hydrogens (tertiary/aromatic N) is 2. The predicted octanol–water partition coefficient (Wildman–Crippen LogP) is 2.78.